The van der Waals surface area contributed by atoms with Crippen molar-refractivity contribution in [3.05, 3.63) is 56.8 Å². The summed E-state index contributed by atoms with van der Waals surface area (Å²) in [4.78, 5) is 10.8. The second-order valence-electron chi connectivity index (χ2n) is 5.95. The average molecular weight is 405 g/mol. The number of phenolic OH excluding ortho intramolecular Hbond substituents is 1. The van der Waals surface area contributed by atoms with Crippen molar-refractivity contribution in [2.24, 2.45) is 0 Å². The predicted octanol–water partition coefficient (Wildman–Crippen LogP) is 5.73. The minimum absolute atomic E-state index is 0.0151. The van der Waals surface area contributed by atoms with E-state index in [9.17, 15) is 14.3 Å². The van der Waals surface area contributed by atoms with Crippen molar-refractivity contribution in [2.75, 3.05) is 11.9 Å². The lowest BCUT2D eigenvalue weighted by molar-refractivity contribution is -0.110. The maximum absolute atomic E-state index is 14.4. The SMILES string of the molecule is CC(C)c1cc(Cc2c(Cl)cc(NCC(=O)Cl)c(F)c2Cl)ccc1O. The van der Waals surface area contributed by atoms with Crippen LogP contribution in [0.15, 0.2) is 24.3 Å². The third kappa shape index (κ3) is 4.78. The van der Waals surface area contributed by atoms with E-state index in [1.54, 1.807) is 12.1 Å². The van der Waals surface area contributed by atoms with E-state index in [4.69, 9.17) is 34.8 Å². The molecule has 7 heteroatoms. The molecule has 2 rings (SSSR count). The summed E-state index contributed by atoms with van der Waals surface area (Å²) in [6.07, 6.45) is 0.309. The van der Waals surface area contributed by atoms with Crippen molar-refractivity contribution in [3.63, 3.8) is 0 Å². The Balaban J connectivity index is 2.36. The van der Waals surface area contributed by atoms with Gasteiger partial charge >= 0.3 is 0 Å². The van der Waals surface area contributed by atoms with Gasteiger partial charge in [0.1, 0.15) is 5.75 Å². The van der Waals surface area contributed by atoms with Gasteiger partial charge in [0, 0.05) is 11.4 Å². The van der Waals surface area contributed by atoms with E-state index >= 15 is 0 Å². The number of benzene rings is 2. The third-order valence-electron chi connectivity index (χ3n) is 3.77. The summed E-state index contributed by atoms with van der Waals surface area (Å²) >= 11 is 17.6. The topological polar surface area (TPSA) is 49.3 Å². The second-order valence-corrected chi connectivity index (χ2v) is 7.15. The minimum atomic E-state index is -0.693. The van der Waals surface area contributed by atoms with Gasteiger partial charge in [0.05, 0.1) is 17.3 Å². The van der Waals surface area contributed by atoms with Gasteiger partial charge in [-0.2, -0.15) is 0 Å². The van der Waals surface area contributed by atoms with E-state index in [-0.39, 0.29) is 33.9 Å². The molecular formula is C18H17Cl3FNO2. The standard InChI is InChI=1S/C18H17Cl3FNO2/c1-9(2)11-5-10(3-4-15(11)24)6-12-13(19)7-14(18(22)17(12)21)23-8-16(20)25/h3-5,7,9,23-24H,6,8H2,1-2H3. The van der Waals surface area contributed by atoms with Crippen LogP contribution in [0.5, 0.6) is 5.75 Å². The van der Waals surface area contributed by atoms with Crippen LogP contribution in [-0.2, 0) is 11.2 Å². The number of carbonyl (C=O) groups is 1. The molecule has 134 valence electrons. The van der Waals surface area contributed by atoms with Gasteiger partial charge in [-0.25, -0.2) is 4.39 Å². The summed E-state index contributed by atoms with van der Waals surface area (Å²) in [5.74, 6) is -0.337. The van der Waals surface area contributed by atoms with Gasteiger partial charge in [-0.15, -0.1) is 0 Å². The molecule has 2 N–H and O–H groups in total. The molecule has 0 amide bonds. The molecule has 0 radical (unpaired) electrons. The fourth-order valence-electron chi connectivity index (χ4n) is 2.47. The van der Waals surface area contributed by atoms with Gasteiger partial charge in [0.15, 0.2) is 5.82 Å². The number of halogens is 4. The smallest absolute Gasteiger partial charge is 0.240 e. The zero-order valence-electron chi connectivity index (χ0n) is 13.7. The molecule has 0 bridgehead atoms. The zero-order valence-corrected chi connectivity index (χ0v) is 15.9. The van der Waals surface area contributed by atoms with E-state index in [0.717, 1.165) is 11.1 Å². The third-order valence-corrected chi connectivity index (χ3v) is 4.63. The van der Waals surface area contributed by atoms with Crippen LogP contribution in [0.1, 0.15) is 36.5 Å². The lowest BCUT2D eigenvalue weighted by atomic mass is 9.96. The van der Waals surface area contributed by atoms with E-state index in [1.807, 2.05) is 19.9 Å². The monoisotopic (exact) mass is 403 g/mol. The van der Waals surface area contributed by atoms with Gasteiger partial charge in [-0.3, -0.25) is 4.79 Å². The van der Waals surface area contributed by atoms with E-state index < -0.39 is 11.1 Å². The highest BCUT2D eigenvalue weighted by Gasteiger charge is 2.17. The minimum Gasteiger partial charge on any atom is -0.508 e. The molecule has 2 aromatic rings. The first kappa shape index (κ1) is 19.8. The number of aromatic hydroxyl groups is 1. The van der Waals surface area contributed by atoms with E-state index in [2.05, 4.69) is 5.32 Å². The number of rotatable bonds is 6. The predicted molar refractivity (Wildman–Crippen MR) is 101 cm³/mol. The summed E-state index contributed by atoms with van der Waals surface area (Å²) in [5, 5.41) is 12.0. The molecule has 0 aliphatic heterocycles. The Hall–Kier alpha value is -1.49. The first-order chi connectivity index (χ1) is 11.7. The molecule has 0 unspecified atom stereocenters. The second kappa shape index (κ2) is 8.26. The maximum atomic E-state index is 14.4. The molecule has 25 heavy (non-hydrogen) atoms. The van der Waals surface area contributed by atoms with Crippen LogP contribution in [0.4, 0.5) is 10.1 Å². The Kier molecular flexibility index (Phi) is 6.55. The van der Waals surface area contributed by atoms with Crippen molar-refractivity contribution in [2.45, 2.75) is 26.2 Å². The summed E-state index contributed by atoms with van der Waals surface area (Å²) in [6, 6.07) is 6.57. The first-order valence-corrected chi connectivity index (χ1v) is 8.74. The molecule has 0 fully saturated rings. The molecule has 0 saturated carbocycles. The number of phenols is 1. The number of anilines is 1. The Bertz CT molecular complexity index is 809. The molecule has 0 saturated heterocycles. The lowest BCUT2D eigenvalue weighted by Gasteiger charge is -2.14. The van der Waals surface area contributed by atoms with Gasteiger partial charge in [-0.05, 0) is 46.3 Å². The van der Waals surface area contributed by atoms with Crippen LogP contribution in [0, 0.1) is 5.82 Å². The van der Waals surface area contributed by atoms with Crippen molar-refractivity contribution in [3.8, 4) is 5.75 Å². The Labute approximate surface area is 160 Å². The summed E-state index contributed by atoms with van der Waals surface area (Å²) in [7, 11) is 0. The molecule has 0 aliphatic rings. The Morgan fingerprint density at radius 3 is 2.56 bits per heavy atom. The van der Waals surface area contributed by atoms with Gasteiger partial charge in [-0.1, -0.05) is 49.2 Å². The van der Waals surface area contributed by atoms with Crippen LogP contribution in [0.25, 0.3) is 0 Å². The number of carbonyl (C=O) groups excluding carboxylic acids is 1. The van der Waals surface area contributed by atoms with E-state index in [0.29, 0.717) is 12.0 Å². The van der Waals surface area contributed by atoms with Crippen LogP contribution in [0.3, 0.4) is 0 Å². The Morgan fingerprint density at radius 2 is 1.96 bits per heavy atom. The van der Waals surface area contributed by atoms with E-state index in [1.165, 1.54) is 6.07 Å². The van der Waals surface area contributed by atoms with Crippen LogP contribution in [0.2, 0.25) is 10.0 Å². The maximum Gasteiger partial charge on any atom is 0.240 e. The molecule has 0 heterocycles. The van der Waals surface area contributed by atoms with Crippen molar-refractivity contribution >= 4 is 45.7 Å². The van der Waals surface area contributed by atoms with Crippen LogP contribution < -0.4 is 5.32 Å². The van der Waals surface area contributed by atoms with Crippen molar-refractivity contribution in [1.82, 2.24) is 0 Å². The highest BCUT2D eigenvalue weighted by molar-refractivity contribution is 6.64. The molecule has 2 aromatic carbocycles. The molecular weight excluding hydrogens is 388 g/mol. The number of hydrogen-bond acceptors (Lipinski definition) is 3. The summed E-state index contributed by atoms with van der Waals surface area (Å²) < 4.78 is 14.4. The molecule has 0 spiro atoms. The van der Waals surface area contributed by atoms with Crippen LogP contribution >= 0.6 is 34.8 Å². The van der Waals surface area contributed by atoms with Crippen LogP contribution in [-0.4, -0.2) is 16.9 Å². The fraction of sp³-hybridized carbons (Fsp3) is 0.278. The van der Waals surface area contributed by atoms with Gasteiger partial charge < -0.3 is 10.4 Å². The Morgan fingerprint density at radius 1 is 1.28 bits per heavy atom. The highest BCUT2D eigenvalue weighted by atomic mass is 35.5. The number of hydrogen-bond donors (Lipinski definition) is 2. The van der Waals surface area contributed by atoms with Crippen molar-refractivity contribution < 1.29 is 14.3 Å². The molecule has 0 aromatic heterocycles. The summed E-state index contributed by atoms with van der Waals surface area (Å²) in [6.45, 7) is 3.70. The molecule has 3 nitrogen and oxygen atoms in total. The average Bonchev–Trinajstić information content (AvgIpc) is 2.54. The normalized spacial score (nSPS) is 11.0. The van der Waals surface area contributed by atoms with Gasteiger partial charge in [0.25, 0.3) is 0 Å². The fourth-order valence-corrected chi connectivity index (χ4v) is 3.12. The number of nitrogens with one attached hydrogen (secondary N) is 1. The molecule has 0 aliphatic carbocycles. The first-order valence-electron chi connectivity index (χ1n) is 7.61. The summed E-state index contributed by atoms with van der Waals surface area (Å²) in [5.41, 5.74) is 2.09. The van der Waals surface area contributed by atoms with Gasteiger partial charge in [0.2, 0.25) is 5.24 Å². The quantitative estimate of drug-likeness (QED) is 0.477. The largest absolute Gasteiger partial charge is 0.508 e. The van der Waals surface area contributed by atoms with Crippen molar-refractivity contribution in [1.29, 1.82) is 0 Å². The lowest BCUT2D eigenvalue weighted by Crippen LogP contribution is -2.10. The zero-order chi connectivity index (χ0) is 18.7. The molecule has 0 atom stereocenters. The highest BCUT2D eigenvalue weighted by Crippen LogP contribution is 2.35.